The Hall–Kier alpha value is -0.263. The van der Waals surface area contributed by atoms with E-state index in [2.05, 4.69) is 46.7 Å². The summed E-state index contributed by atoms with van der Waals surface area (Å²) in [6.45, 7) is 13.5. The molecule has 0 saturated carbocycles. The summed E-state index contributed by atoms with van der Waals surface area (Å²) in [5.74, 6) is 2.80. The van der Waals surface area contributed by atoms with Crippen LogP contribution in [0.5, 0.6) is 0 Å². The van der Waals surface area contributed by atoms with E-state index in [4.69, 9.17) is 10.8 Å². The first-order chi connectivity index (χ1) is 7.24. The first-order valence-electron chi connectivity index (χ1n) is 6.38. The maximum Gasteiger partial charge on any atom is 0.193 e. The molecular formula is C14H28OSi. The lowest BCUT2D eigenvalue weighted by atomic mass is 10.1. The molecule has 0 radical (unpaired) electrons. The van der Waals surface area contributed by atoms with E-state index in [1.54, 1.807) is 0 Å². The second kappa shape index (κ2) is 6.47. The van der Waals surface area contributed by atoms with Gasteiger partial charge in [-0.1, -0.05) is 46.5 Å². The third kappa shape index (κ3) is 5.18. The van der Waals surface area contributed by atoms with Gasteiger partial charge in [0.1, 0.15) is 6.10 Å². The van der Waals surface area contributed by atoms with Crippen molar-refractivity contribution in [3.8, 4) is 12.3 Å². The van der Waals surface area contributed by atoms with Crippen molar-refractivity contribution in [3.05, 3.63) is 0 Å². The van der Waals surface area contributed by atoms with Gasteiger partial charge in [-0.05, 0) is 31.0 Å². The number of hydrogen-bond donors (Lipinski definition) is 0. The summed E-state index contributed by atoms with van der Waals surface area (Å²) in [5, 5.41) is 0.243. The van der Waals surface area contributed by atoms with Crippen molar-refractivity contribution in [1.29, 1.82) is 0 Å². The van der Waals surface area contributed by atoms with Crippen LogP contribution in [-0.2, 0) is 4.43 Å². The molecule has 0 aromatic heterocycles. The van der Waals surface area contributed by atoms with Gasteiger partial charge in [0.05, 0.1) is 0 Å². The smallest absolute Gasteiger partial charge is 0.193 e. The average molecular weight is 240 g/mol. The van der Waals surface area contributed by atoms with Gasteiger partial charge in [0.15, 0.2) is 8.32 Å². The van der Waals surface area contributed by atoms with Gasteiger partial charge in [0.2, 0.25) is 0 Å². The van der Waals surface area contributed by atoms with E-state index < -0.39 is 8.32 Å². The van der Waals surface area contributed by atoms with Gasteiger partial charge in [-0.15, -0.1) is 6.42 Å². The zero-order valence-electron chi connectivity index (χ0n) is 11.9. The van der Waals surface area contributed by atoms with Gasteiger partial charge in [-0.25, -0.2) is 0 Å². The van der Waals surface area contributed by atoms with E-state index in [0.29, 0.717) is 0 Å². The summed E-state index contributed by atoms with van der Waals surface area (Å²) in [5.41, 5.74) is 0. The number of unbranched alkanes of at least 4 members (excludes halogenated alkanes) is 2. The highest BCUT2D eigenvalue weighted by molar-refractivity contribution is 6.74. The molecule has 1 atom stereocenters. The third-order valence-corrected chi connectivity index (χ3v) is 7.98. The van der Waals surface area contributed by atoms with E-state index in [9.17, 15) is 0 Å². The second-order valence-corrected chi connectivity index (χ2v) is 10.8. The van der Waals surface area contributed by atoms with E-state index >= 15 is 0 Å². The van der Waals surface area contributed by atoms with Crippen molar-refractivity contribution in [2.75, 3.05) is 0 Å². The maximum absolute atomic E-state index is 6.20. The Bertz CT molecular complexity index is 232. The van der Waals surface area contributed by atoms with E-state index in [-0.39, 0.29) is 11.1 Å². The first-order valence-corrected chi connectivity index (χ1v) is 9.29. The van der Waals surface area contributed by atoms with Crippen LogP contribution < -0.4 is 0 Å². The minimum Gasteiger partial charge on any atom is -0.403 e. The molecule has 1 nitrogen and oxygen atoms in total. The molecule has 0 unspecified atom stereocenters. The molecule has 94 valence electrons. The predicted molar refractivity (Wildman–Crippen MR) is 75.0 cm³/mol. The SMILES string of the molecule is C#C[C@@H](CCCCC)O[Si](C)(C)C(C)(C)C. The van der Waals surface area contributed by atoms with Gasteiger partial charge in [-0.2, -0.15) is 0 Å². The summed E-state index contributed by atoms with van der Waals surface area (Å²) >= 11 is 0. The number of terminal acetylenes is 1. The molecule has 0 aliphatic heterocycles. The molecule has 0 aromatic carbocycles. The highest BCUT2D eigenvalue weighted by atomic mass is 28.4. The van der Waals surface area contributed by atoms with Crippen molar-refractivity contribution >= 4 is 8.32 Å². The molecule has 0 amide bonds. The summed E-state index contributed by atoms with van der Waals surface area (Å²) in [4.78, 5) is 0. The van der Waals surface area contributed by atoms with Crippen LogP contribution in [0.1, 0.15) is 53.4 Å². The highest BCUT2D eigenvalue weighted by Crippen LogP contribution is 2.37. The van der Waals surface area contributed by atoms with E-state index in [1.165, 1.54) is 19.3 Å². The van der Waals surface area contributed by atoms with Gasteiger partial charge < -0.3 is 4.43 Å². The quantitative estimate of drug-likeness (QED) is 0.375. The van der Waals surface area contributed by atoms with Gasteiger partial charge in [0, 0.05) is 0 Å². The molecule has 0 N–H and O–H groups in total. The molecule has 0 aliphatic carbocycles. The fourth-order valence-corrected chi connectivity index (χ4v) is 2.54. The Kier molecular flexibility index (Phi) is 6.36. The van der Waals surface area contributed by atoms with Crippen molar-refractivity contribution in [2.24, 2.45) is 0 Å². The summed E-state index contributed by atoms with van der Waals surface area (Å²) in [6, 6.07) is 0. The van der Waals surface area contributed by atoms with Crippen molar-refractivity contribution < 1.29 is 4.43 Å². The van der Waals surface area contributed by atoms with Crippen LogP contribution in [0.15, 0.2) is 0 Å². The monoisotopic (exact) mass is 240 g/mol. The Balaban J connectivity index is 4.27. The maximum atomic E-state index is 6.20. The summed E-state index contributed by atoms with van der Waals surface area (Å²) in [7, 11) is -1.69. The lowest BCUT2D eigenvalue weighted by molar-refractivity contribution is 0.219. The molecule has 0 bridgehead atoms. The van der Waals surface area contributed by atoms with Crippen molar-refractivity contribution in [2.45, 2.75) is 77.6 Å². The second-order valence-electron chi connectivity index (χ2n) is 6.03. The summed E-state index contributed by atoms with van der Waals surface area (Å²) < 4.78 is 6.20. The molecule has 0 aliphatic rings. The molecule has 16 heavy (non-hydrogen) atoms. The average Bonchev–Trinajstić information content (AvgIpc) is 2.14. The normalized spacial score (nSPS) is 14.6. The fourth-order valence-electron chi connectivity index (χ4n) is 1.29. The van der Waals surface area contributed by atoms with Crippen LogP contribution in [-0.4, -0.2) is 14.4 Å². The van der Waals surface area contributed by atoms with Gasteiger partial charge >= 0.3 is 0 Å². The molecular weight excluding hydrogens is 212 g/mol. The standard InChI is InChI=1S/C14H28OSi/c1-8-10-11-12-13(9-2)15-16(6,7)14(3,4)5/h2,13H,8,10-12H2,1,3-7H3/t13-/m0/s1. The minimum atomic E-state index is -1.69. The molecule has 0 spiro atoms. The van der Waals surface area contributed by atoms with Crippen LogP contribution in [0.3, 0.4) is 0 Å². The molecule has 0 aromatic rings. The molecule has 0 fully saturated rings. The molecule has 0 rings (SSSR count). The van der Waals surface area contributed by atoms with E-state index in [0.717, 1.165) is 6.42 Å². The van der Waals surface area contributed by atoms with Crippen LogP contribution in [0.25, 0.3) is 0 Å². The highest BCUT2D eigenvalue weighted by Gasteiger charge is 2.38. The van der Waals surface area contributed by atoms with E-state index in [1.807, 2.05) is 0 Å². The Morgan fingerprint density at radius 1 is 1.25 bits per heavy atom. The molecule has 0 heterocycles. The Labute approximate surface area is 103 Å². The lowest BCUT2D eigenvalue weighted by Crippen LogP contribution is -2.43. The van der Waals surface area contributed by atoms with Crippen LogP contribution in [0.4, 0.5) is 0 Å². The number of rotatable bonds is 6. The molecule has 2 heteroatoms. The van der Waals surface area contributed by atoms with Gasteiger partial charge in [0.25, 0.3) is 0 Å². The van der Waals surface area contributed by atoms with Crippen LogP contribution in [0.2, 0.25) is 18.1 Å². The Morgan fingerprint density at radius 2 is 1.81 bits per heavy atom. The van der Waals surface area contributed by atoms with Crippen molar-refractivity contribution in [1.82, 2.24) is 0 Å². The predicted octanol–water partition coefficient (Wildman–Crippen LogP) is 4.59. The fraction of sp³-hybridized carbons (Fsp3) is 0.857. The summed E-state index contributed by atoms with van der Waals surface area (Å²) in [6.07, 6.45) is 10.2. The zero-order chi connectivity index (χ0) is 12.8. The molecule has 0 saturated heterocycles. The number of hydrogen-bond acceptors (Lipinski definition) is 1. The minimum absolute atomic E-state index is 0.0208. The lowest BCUT2D eigenvalue weighted by Gasteiger charge is -2.38. The largest absolute Gasteiger partial charge is 0.403 e. The topological polar surface area (TPSA) is 9.23 Å². The first kappa shape index (κ1) is 15.7. The van der Waals surface area contributed by atoms with Crippen LogP contribution in [0, 0.1) is 12.3 Å². The van der Waals surface area contributed by atoms with Crippen LogP contribution >= 0.6 is 0 Å². The third-order valence-electron chi connectivity index (χ3n) is 3.50. The zero-order valence-corrected chi connectivity index (χ0v) is 12.9. The Morgan fingerprint density at radius 3 is 2.19 bits per heavy atom. The van der Waals surface area contributed by atoms with Crippen molar-refractivity contribution in [3.63, 3.8) is 0 Å². The van der Waals surface area contributed by atoms with Gasteiger partial charge in [-0.3, -0.25) is 0 Å².